The quantitative estimate of drug-likeness (QED) is 0.788. The SMILES string of the molecule is O=C(Nc1ccc(S(=O)(=O)N2CCCCC2)cc1)c1cccc(OC(F)F)c1. The highest BCUT2D eigenvalue weighted by molar-refractivity contribution is 7.89. The van der Waals surface area contributed by atoms with Crippen molar-refractivity contribution >= 4 is 21.6 Å². The third kappa shape index (κ3) is 4.85. The molecule has 1 aliphatic heterocycles. The van der Waals surface area contributed by atoms with E-state index in [0.717, 1.165) is 19.3 Å². The molecule has 150 valence electrons. The molecule has 0 aromatic heterocycles. The van der Waals surface area contributed by atoms with E-state index in [0.29, 0.717) is 18.8 Å². The minimum Gasteiger partial charge on any atom is -0.435 e. The normalized spacial score (nSPS) is 15.4. The number of sulfonamides is 1. The lowest BCUT2D eigenvalue weighted by Gasteiger charge is -2.25. The number of anilines is 1. The van der Waals surface area contributed by atoms with Crippen LogP contribution in [-0.4, -0.2) is 38.3 Å². The molecule has 1 heterocycles. The van der Waals surface area contributed by atoms with Gasteiger partial charge in [-0.3, -0.25) is 4.79 Å². The molecule has 28 heavy (non-hydrogen) atoms. The van der Waals surface area contributed by atoms with Gasteiger partial charge < -0.3 is 10.1 Å². The van der Waals surface area contributed by atoms with Crippen molar-refractivity contribution in [3.8, 4) is 5.75 Å². The number of nitrogens with one attached hydrogen (secondary N) is 1. The van der Waals surface area contributed by atoms with Crippen LogP contribution in [0.3, 0.4) is 0 Å². The minimum absolute atomic E-state index is 0.120. The number of nitrogens with zero attached hydrogens (tertiary/aromatic N) is 1. The lowest BCUT2D eigenvalue weighted by atomic mass is 10.2. The summed E-state index contributed by atoms with van der Waals surface area (Å²) in [6.45, 7) is -1.96. The zero-order valence-electron chi connectivity index (χ0n) is 15.0. The Morgan fingerprint density at radius 2 is 1.71 bits per heavy atom. The van der Waals surface area contributed by atoms with Gasteiger partial charge in [0.25, 0.3) is 5.91 Å². The van der Waals surface area contributed by atoms with Crippen LogP contribution in [0, 0.1) is 0 Å². The lowest BCUT2D eigenvalue weighted by Crippen LogP contribution is -2.35. The molecule has 9 heteroatoms. The van der Waals surface area contributed by atoms with Gasteiger partial charge in [-0.15, -0.1) is 0 Å². The molecule has 0 unspecified atom stereocenters. The first kappa shape index (κ1) is 20.2. The molecule has 1 N–H and O–H groups in total. The number of ether oxygens (including phenoxy) is 1. The van der Waals surface area contributed by atoms with Crippen molar-refractivity contribution in [1.29, 1.82) is 0 Å². The van der Waals surface area contributed by atoms with Crippen LogP contribution in [0.4, 0.5) is 14.5 Å². The Hall–Kier alpha value is -2.52. The molecule has 0 saturated carbocycles. The van der Waals surface area contributed by atoms with Crippen LogP contribution in [0.5, 0.6) is 5.75 Å². The van der Waals surface area contributed by atoms with Gasteiger partial charge in [0.15, 0.2) is 0 Å². The van der Waals surface area contributed by atoms with Crippen molar-refractivity contribution < 1.29 is 26.7 Å². The molecule has 0 aliphatic carbocycles. The van der Waals surface area contributed by atoms with E-state index in [-0.39, 0.29) is 16.2 Å². The van der Waals surface area contributed by atoms with Gasteiger partial charge in [-0.05, 0) is 55.3 Å². The van der Waals surface area contributed by atoms with E-state index in [1.807, 2.05) is 0 Å². The summed E-state index contributed by atoms with van der Waals surface area (Å²) in [7, 11) is -3.54. The summed E-state index contributed by atoms with van der Waals surface area (Å²) in [6, 6.07) is 11.3. The van der Waals surface area contributed by atoms with E-state index >= 15 is 0 Å². The maximum atomic E-state index is 12.6. The molecule has 1 amide bonds. The number of hydrogen-bond donors (Lipinski definition) is 1. The Morgan fingerprint density at radius 3 is 2.36 bits per heavy atom. The molecule has 1 saturated heterocycles. The molecule has 2 aromatic carbocycles. The summed E-state index contributed by atoms with van der Waals surface area (Å²) in [5, 5.41) is 2.61. The number of piperidine rings is 1. The third-order valence-corrected chi connectivity index (χ3v) is 6.30. The van der Waals surface area contributed by atoms with Crippen LogP contribution < -0.4 is 10.1 Å². The van der Waals surface area contributed by atoms with Gasteiger partial charge in [-0.1, -0.05) is 12.5 Å². The standard InChI is InChI=1S/C19H20F2N2O4S/c20-19(21)27-16-6-4-5-14(13-16)18(24)22-15-7-9-17(10-8-15)28(25,26)23-11-2-1-3-12-23/h4-10,13,19H,1-3,11-12H2,(H,22,24). The van der Waals surface area contributed by atoms with Crippen LogP contribution in [0.1, 0.15) is 29.6 Å². The summed E-state index contributed by atoms with van der Waals surface area (Å²) in [4.78, 5) is 12.5. The number of carbonyl (C=O) groups is 1. The van der Waals surface area contributed by atoms with Crippen LogP contribution in [-0.2, 0) is 10.0 Å². The number of benzene rings is 2. The largest absolute Gasteiger partial charge is 0.435 e. The number of amides is 1. The van der Waals surface area contributed by atoms with Crippen molar-refractivity contribution in [3.05, 3.63) is 54.1 Å². The molecule has 0 radical (unpaired) electrons. The average Bonchev–Trinajstić information content (AvgIpc) is 2.69. The van der Waals surface area contributed by atoms with E-state index in [1.54, 1.807) is 0 Å². The van der Waals surface area contributed by atoms with Crippen LogP contribution in [0.25, 0.3) is 0 Å². The first-order chi connectivity index (χ1) is 13.4. The second kappa shape index (κ2) is 8.66. The average molecular weight is 410 g/mol. The number of rotatable bonds is 6. The predicted octanol–water partition coefficient (Wildman–Crippen LogP) is 3.71. The molecule has 2 aromatic rings. The highest BCUT2D eigenvalue weighted by Gasteiger charge is 2.25. The van der Waals surface area contributed by atoms with Gasteiger partial charge in [0, 0.05) is 24.3 Å². The lowest BCUT2D eigenvalue weighted by molar-refractivity contribution is -0.0498. The van der Waals surface area contributed by atoms with E-state index in [9.17, 15) is 22.0 Å². The Kier molecular flexibility index (Phi) is 6.25. The number of alkyl halides is 2. The number of halogens is 2. The Bertz CT molecular complexity index is 927. The second-order valence-corrected chi connectivity index (χ2v) is 8.29. The second-order valence-electron chi connectivity index (χ2n) is 6.35. The number of hydrogen-bond acceptors (Lipinski definition) is 4. The molecular weight excluding hydrogens is 390 g/mol. The smallest absolute Gasteiger partial charge is 0.387 e. The van der Waals surface area contributed by atoms with Gasteiger partial charge in [0.2, 0.25) is 10.0 Å². The van der Waals surface area contributed by atoms with Crippen LogP contribution in [0.2, 0.25) is 0 Å². The molecule has 1 aliphatic rings. The molecule has 0 bridgehead atoms. The molecular formula is C19H20F2N2O4S. The highest BCUT2D eigenvalue weighted by Crippen LogP contribution is 2.22. The summed E-state index contributed by atoms with van der Waals surface area (Å²) < 4.78 is 55.6. The van der Waals surface area contributed by atoms with Crippen molar-refractivity contribution in [2.24, 2.45) is 0 Å². The summed E-state index contributed by atoms with van der Waals surface area (Å²) in [6.07, 6.45) is 2.73. The fourth-order valence-electron chi connectivity index (χ4n) is 2.98. The Labute approximate surface area is 162 Å². The van der Waals surface area contributed by atoms with E-state index in [2.05, 4.69) is 10.1 Å². The zero-order valence-corrected chi connectivity index (χ0v) is 15.8. The van der Waals surface area contributed by atoms with Crippen LogP contribution >= 0.6 is 0 Å². The van der Waals surface area contributed by atoms with Gasteiger partial charge in [0.05, 0.1) is 4.90 Å². The highest BCUT2D eigenvalue weighted by atomic mass is 32.2. The molecule has 6 nitrogen and oxygen atoms in total. The van der Waals surface area contributed by atoms with E-state index in [1.165, 1.54) is 52.8 Å². The summed E-state index contributed by atoms with van der Waals surface area (Å²) >= 11 is 0. The van der Waals surface area contributed by atoms with Gasteiger partial charge in [-0.2, -0.15) is 13.1 Å². The monoisotopic (exact) mass is 410 g/mol. The fraction of sp³-hybridized carbons (Fsp3) is 0.316. The minimum atomic E-state index is -3.54. The summed E-state index contributed by atoms with van der Waals surface area (Å²) in [5.41, 5.74) is 0.533. The van der Waals surface area contributed by atoms with Gasteiger partial charge in [0.1, 0.15) is 5.75 Å². The zero-order chi connectivity index (χ0) is 20.1. The van der Waals surface area contributed by atoms with Crippen molar-refractivity contribution in [3.63, 3.8) is 0 Å². The van der Waals surface area contributed by atoms with Crippen molar-refractivity contribution in [2.75, 3.05) is 18.4 Å². The number of carbonyl (C=O) groups excluding carboxylic acids is 1. The maximum Gasteiger partial charge on any atom is 0.387 e. The molecule has 3 rings (SSSR count). The molecule has 0 atom stereocenters. The summed E-state index contributed by atoms with van der Waals surface area (Å²) in [5.74, 6) is -0.642. The van der Waals surface area contributed by atoms with Gasteiger partial charge >= 0.3 is 6.61 Å². The first-order valence-corrected chi connectivity index (χ1v) is 10.3. The maximum absolute atomic E-state index is 12.6. The Morgan fingerprint density at radius 1 is 1.04 bits per heavy atom. The first-order valence-electron chi connectivity index (χ1n) is 8.83. The third-order valence-electron chi connectivity index (χ3n) is 4.39. The molecule has 1 fully saturated rings. The van der Waals surface area contributed by atoms with Gasteiger partial charge in [-0.25, -0.2) is 8.42 Å². The Balaban J connectivity index is 1.69. The topological polar surface area (TPSA) is 75.7 Å². The van der Waals surface area contributed by atoms with Crippen molar-refractivity contribution in [1.82, 2.24) is 4.31 Å². The predicted molar refractivity (Wildman–Crippen MR) is 100 cm³/mol. The van der Waals surface area contributed by atoms with Crippen molar-refractivity contribution in [2.45, 2.75) is 30.8 Å². The fourth-order valence-corrected chi connectivity index (χ4v) is 4.50. The molecule has 0 spiro atoms. The van der Waals surface area contributed by atoms with E-state index in [4.69, 9.17) is 0 Å². The van der Waals surface area contributed by atoms with E-state index < -0.39 is 22.5 Å². The van der Waals surface area contributed by atoms with Crippen LogP contribution in [0.15, 0.2) is 53.4 Å².